The van der Waals surface area contributed by atoms with Crippen LogP contribution in [0.1, 0.15) is 11.1 Å². The molecule has 0 aliphatic rings. The van der Waals surface area contributed by atoms with Crippen molar-refractivity contribution in [3.05, 3.63) is 96.3 Å². The summed E-state index contributed by atoms with van der Waals surface area (Å²) in [6.45, 7) is 0.127. The number of non-ortho nitro benzene ring substituents is 1. The van der Waals surface area contributed by atoms with E-state index in [-0.39, 0.29) is 22.4 Å². The van der Waals surface area contributed by atoms with E-state index in [4.69, 9.17) is 21.1 Å². The van der Waals surface area contributed by atoms with Gasteiger partial charge in [0.25, 0.3) is 5.69 Å². The number of methoxy groups -OCH3 is 1. The lowest BCUT2D eigenvalue weighted by molar-refractivity contribution is -0.384. The molecule has 0 atom stereocenters. The van der Waals surface area contributed by atoms with Crippen LogP contribution < -0.4 is 9.47 Å². The fourth-order valence-electron chi connectivity index (χ4n) is 3.29. The summed E-state index contributed by atoms with van der Waals surface area (Å²) in [5, 5.41) is 28.3. The third kappa shape index (κ3) is 6.71. The summed E-state index contributed by atoms with van der Waals surface area (Å²) in [7, 11) is 1.52. The number of nitro groups is 1. The van der Waals surface area contributed by atoms with Crippen molar-refractivity contribution in [1.82, 2.24) is 15.2 Å². The molecule has 38 heavy (non-hydrogen) atoms. The van der Waals surface area contributed by atoms with E-state index in [9.17, 15) is 20.0 Å². The Morgan fingerprint density at radius 3 is 2.61 bits per heavy atom. The molecule has 194 valence electrons. The zero-order valence-electron chi connectivity index (χ0n) is 19.6. The minimum atomic E-state index is -1.18. The minimum Gasteiger partial charge on any atom is -0.496 e. The first-order valence-electron chi connectivity index (χ1n) is 10.8. The number of ether oxygens (including phenoxy) is 2. The highest BCUT2D eigenvalue weighted by Crippen LogP contribution is 2.34. The van der Waals surface area contributed by atoms with Crippen LogP contribution >= 0.6 is 39.3 Å². The Bertz CT molecular complexity index is 1530. The summed E-state index contributed by atoms with van der Waals surface area (Å²) in [6.07, 6.45) is 1.46. The van der Waals surface area contributed by atoms with Crippen molar-refractivity contribution in [1.29, 1.82) is 0 Å². The third-order valence-corrected chi connectivity index (χ3v) is 6.70. The van der Waals surface area contributed by atoms with Crippen molar-refractivity contribution in [3.8, 4) is 22.9 Å². The van der Waals surface area contributed by atoms with E-state index in [1.54, 1.807) is 48.5 Å². The maximum Gasteiger partial charge on any atom is 0.342 e. The van der Waals surface area contributed by atoms with Gasteiger partial charge in [0.1, 0.15) is 23.0 Å². The molecule has 0 unspecified atom stereocenters. The van der Waals surface area contributed by atoms with Crippen LogP contribution in [0.2, 0.25) is 5.02 Å². The molecule has 4 aromatic rings. The van der Waals surface area contributed by atoms with Gasteiger partial charge in [0, 0.05) is 27.2 Å². The number of thioether (sulfide) groups is 1. The number of carboxylic acids is 1. The normalized spacial score (nSPS) is 11.3. The number of H-pyrrole nitrogens is 1. The van der Waals surface area contributed by atoms with Crippen LogP contribution in [0.25, 0.3) is 17.5 Å². The van der Waals surface area contributed by atoms with Crippen LogP contribution in [0.15, 0.2) is 75.2 Å². The van der Waals surface area contributed by atoms with E-state index in [2.05, 4.69) is 31.1 Å². The number of benzene rings is 3. The average Bonchev–Trinajstić information content (AvgIpc) is 3.36. The van der Waals surface area contributed by atoms with Gasteiger partial charge in [-0.3, -0.25) is 15.2 Å². The molecule has 10 nitrogen and oxygen atoms in total. The van der Waals surface area contributed by atoms with E-state index in [1.807, 2.05) is 0 Å². The molecule has 1 heterocycles. The number of hydrogen-bond donors (Lipinski definition) is 2. The number of aliphatic carboxylic acids is 1. The first-order chi connectivity index (χ1) is 18.2. The SMILES string of the molecule is COc1ccc(Cl)cc1-c1nc(S/C(=C\c2cc(Br)ccc2OCc2ccc([N+](=O)[O-])cc2)C(=O)O)n[nH]1. The molecule has 0 fully saturated rings. The highest BCUT2D eigenvalue weighted by Gasteiger charge is 2.18. The lowest BCUT2D eigenvalue weighted by Gasteiger charge is -2.11. The Morgan fingerprint density at radius 2 is 1.92 bits per heavy atom. The number of nitrogens with one attached hydrogen (secondary N) is 1. The number of rotatable bonds is 10. The van der Waals surface area contributed by atoms with Gasteiger partial charge in [0.15, 0.2) is 5.82 Å². The molecule has 4 rings (SSSR count). The highest BCUT2D eigenvalue weighted by atomic mass is 79.9. The molecule has 3 aromatic carbocycles. The number of carbonyl (C=O) groups is 1. The van der Waals surface area contributed by atoms with Gasteiger partial charge in [0.05, 0.1) is 17.6 Å². The average molecular weight is 618 g/mol. The van der Waals surface area contributed by atoms with Crippen LogP contribution in [0.4, 0.5) is 5.69 Å². The summed E-state index contributed by atoms with van der Waals surface area (Å²) < 4.78 is 12.0. The molecule has 0 radical (unpaired) electrons. The van der Waals surface area contributed by atoms with Crippen molar-refractivity contribution in [3.63, 3.8) is 0 Å². The Kier molecular flexibility index (Phi) is 8.66. The summed E-state index contributed by atoms with van der Waals surface area (Å²) in [6, 6.07) is 16.2. The molecule has 2 N–H and O–H groups in total. The van der Waals surface area contributed by atoms with Crippen LogP contribution in [-0.4, -0.2) is 38.3 Å². The quantitative estimate of drug-likeness (QED) is 0.0871. The van der Waals surface area contributed by atoms with Gasteiger partial charge in [0.2, 0.25) is 5.16 Å². The summed E-state index contributed by atoms with van der Waals surface area (Å²) in [5.74, 6) is 0.138. The molecule has 13 heteroatoms. The van der Waals surface area contributed by atoms with Crippen LogP contribution in [0, 0.1) is 10.1 Å². The van der Waals surface area contributed by atoms with E-state index in [0.717, 1.165) is 16.2 Å². The van der Waals surface area contributed by atoms with Gasteiger partial charge in [-0.1, -0.05) is 27.5 Å². The predicted molar refractivity (Wildman–Crippen MR) is 146 cm³/mol. The molecule has 0 bridgehead atoms. The monoisotopic (exact) mass is 616 g/mol. The van der Waals surface area contributed by atoms with E-state index in [0.29, 0.717) is 39.0 Å². The summed E-state index contributed by atoms with van der Waals surface area (Å²) in [4.78, 5) is 26.8. The smallest absolute Gasteiger partial charge is 0.342 e. The van der Waals surface area contributed by atoms with Crippen molar-refractivity contribution in [2.24, 2.45) is 0 Å². The van der Waals surface area contributed by atoms with Crippen molar-refractivity contribution in [2.45, 2.75) is 11.8 Å². The summed E-state index contributed by atoms with van der Waals surface area (Å²) in [5.41, 5.74) is 1.77. The Morgan fingerprint density at radius 1 is 1.18 bits per heavy atom. The van der Waals surface area contributed by atoms with Crippen LogP contribution in [0.3, 0.4) is 0 Å². The molecule has 0 saturated heterocycles. The maximum atomic E-state index is 12.1. The van der Waals surface area contributed by atoms with Crippen LogP contribution in [-0.2, 0) is 11.4 Å². The topological polar surface area (TPSA) is 140 Å². The van der Waals surface area contributed by atoms with Crippen LogP contribution in [0.5, 0.6) is 11.5 Å². The second kappa shape index (κ2) is 12.1. The number of aromatic amines is 1. The Labute approximate surface area is 233 Å². The first-order valence-corrected chi connectivity index (χ1v) is 12.8. The molecule has 0 amide bonds. The Hall–Kier alpha value is -3.87. The lowest BCUT2D eigenvalue weighted by Crippen LogP contribution is -2.00. The van der Waals surface area contributed by atoms with Crippen molar-refractivity contribution < 1.29 is 24.3 Å². The minimum absolute atomic E-state index is 0.0203. The molecule has 0 saturated carbocycles. The zero-order valence-corrected chi connectivity index (χ0v) is 22.7. The van der Waals surface area contributed by atoms with E-state index in [1.165, 1.54) is 25.3 Å². The number of carboxylic acid groups (broad SMARTS) is 1. The largest absolute Gasteiger partial charge is 0.496 e. The molecule has 0 spiro atoms. The maximum absolute atomic E-state index is 12.1. The fraction of sp³-hybridized carbons (Fsp3) is 0.0800. The lowest BCUT2D eigenvalue weighted by atomic mass is 10.2. The predicted octanol–water partition coefficient (Wildman–Crippen LogP) is 6.60. The highest BCUT2D eigenvalue weighted by molar-refractivity contribution is 9.10. The number of nitro benzene ring substituents is 1. The number of hydrogen-bond acceptors (Lipinski definition) is 8. The third-order valence-electron chi connectivity index (χ3n) is 5.09. The summed E-state index contributed by atoms with van der Waals surface area (Å²) >= 11 is 10.4. The van der Waals surface area contributed by atoms with Gasteiger partial charge in [-0.2, -0.15) is 0 Å². The molecule has 0 aliphatic heterocycles. The molecular formula is C25H18BrClN4O6S. The fourth-order valence-corrected chi connectivity index (χ4v) is 4.54. The van der Waals surface area contributed by atoms with E-state index >= 15 is 0 Å². The van der Waals surface area contributed by atoms with Crippen molar-refractivity contribution in [2.75, 3.05) is 7.11 Å². The van der Waals surface area contributed by atoms with Gasteiger partial charge in [-0.25, -0.2) is 9.78 Å². The molecule has 1 aromatic heterocycles. The first kappa shape index (κ1) is 27.2. The Balaban J connectivity index is 1.57. The molecular weight excluding hydrogens is 600 g/mol. The second-order valence-electron chi connectivity index (χ2n) is 7.62. The van der Waals surface area contributed by atoms with Gasteiger partial charge >= 0.3 is 5.97 Å². The number of nitrogens with zero attached hydrogens (tertiary/aromatic N) is 3. The zero-order chi connectivity index (χ0) is 27.2. The number of halogens is 2. The van der Waals surface area contributed by atoms with E-state index < -0.39 is 10.9 Å². The van der Waals surface area contributed by atoms with Gasteiger partial charge < -0.3 is 14.6 Å². The van der Waals surface area contributed by atoms with Crippen molar-refractivity contribution >= 4 is 57.0 Å². The van der Waals surface area contributed by atoms with Gasteiger partial charge in [-0.05, 0) is 71.9 Å². The second-order valence-corrected chi connectivity index (χ2v) is 9.98. The number of aromatic nitrogens is 3. The molecule has 0 aliphatic carbocycles. The standard InChI is InChI=1S/C25H18BrClN4O6S/c1-36-21-9-5-17(27)12-19(21)23-28-25(30-29-23)38-22(24(32)33)11-15-10-16(26)4-8-20(15)37-13-14-2-6-18(7-3-14)31(34)35/h2-12H,13H2,1H3,(H,32,33)(H,28,29,30)/b22-11-. The van der Waals surface area contributed by atoms with Gasteiger partial charge in [-0.15, -0.1) is 5.10 Å².